The van der Waals surface area contributed by atoms with E-state index in [4.69, 9.17) is 0 Å². The number of hydrogen-bond acceptors (Lipinski definition) is 3. The molecule has 0 unspecified atom stereocenters. The fourth-order valence-corrected chi connectivity index (χ4v) is 3.10. The molecule has 0 heterocycles. The Bertz CT molecular complexity index is 1070. The molecule has 0 atom stereocenters. The Kier molecular flexibility index (Phi) is 5.85. The summed E-state index contributed by atoms with van der Waals surface area (Å²) in [6.45, 7) is 2.09. The van der Waals surface area contributed by atoms with E-state index in [1.165, 1.54) is 5.56 Å². The molecule has 0 aliphatic rings. The van der Waals surface area contributed by atoms with Crippen molar-refractivity contribution in [2.45, 2.75) is 6.92 Å². The summed E-state index contributed by atoms with van der Waals surface area (Å²) in [7, 11) is 1.79. The van der Waals surface area contributed by atoms with Crippen molar-refractivity contribution in [3.05, 3.63) is 103 Å². The average Bonchev–Trinajstić information content (AvgIpc) is 2.78. The summed E-state index contributed by atoms with van der Waals surface area (Å²) in [5, 5.41) is 14.4. The van der Waals surface area contributed by atoms with Crippen LogP contribution in [0.15, 0.2) is 97.1 Å². The van der Waals surface area contributed by atoms with Crippen LogP contribution in [0.5, 0.6) is 0 Å². The molecule has 0 aliphatic carbocycles. The second-order valence-electron chi connectivity index (χ2n) is 7.17. The van der Waals surface area contributed by atoms with Crippen LogP contribution in [-0.2, 0) is 0 Å². The molecule has 149 valence electrons. The second-order valence-corrected chi connectivity index (χ2v) is 7.17. The maximum absolute atomic E-state index is 4.16. The molecule has 1 radical (unpaired) electrons. The maximum atomic E-state index is 4.16. The average molecular weight is 394 g/mol. The Labute approximate surface area is 178 Å². The van der Waals surface area contributed by atoms with Crippen LogP contribution < -0.4 is 21.3 Å². The van der Waals surface area contributed by atoms with Crippen LogP contribution in [0.25, 0.3) is 0 Å². The van der Waals surface area contributed by atoms with Gasteiger partial charge in [0.1, 0.15) is 0 Å². The van der Waals surface area contributed by atoms with E-state index < -0.39 is 0 Å². The summed E-state index contributed by atoms with van der Waals surface area (Å²) in [5.74, 6) is 0. The van der Waals surface area contributed by atoms with Gasteiger partial charge in [0, 0.05) is 41.2 Å². The minimum absolute atomic E-state index is 0.972. The van der Waals surface area contributed by atoms with Crippen LogP contribution in [0, 0.1) is 6.92 Å². The first-order valence-corrected chi connectivity index (χ1v) is 9.96. The molecule has 4 rings (SSSR count). The zero-order valence-electron chi connectivity index (χ0n) is 17.2. The molecule has 0 aromatic heterocycles. The quantitative estimate of drug-likeness (QED) is 0.314. The molecule has 0 amide bonds. The minimum atomic E-state index is 0.972. The summed E-state index contributed by atoms with van der Waals surface area (Å²) < 4.78 is 0. The molecule has 4 heteroatoms. The van der Waals surface area contributed by atoms with Crippen molar-refractivity contribution in [2.75, 3.05) is 23.0 Å². The molecule has 0 saturated heterocycles. The third-order valence-electron chi connectivity index (χ3n) is 4.81. The molecule has 0 aliphatic heterocycles. The van der Waals surface area contributed by atoms with Gasteiger partial charge in [-0.1, -0.05) is 17.7 Å². The molecule has 4 aromatic rings. The Morgan fingerprint density at radius 1 is 0.433 bits per heavy atom. The lowest BCUT2D eigenvalue weighted by atomic mass is 10.2. The molecule has 4 aromatic carbocycles. The molecule has 0 spiro atoms. The molecule has 3 N–H and O–H groups in total. The van der Waals surface area contributed by atoms with Gasteiger partial charge in [0.15, 0.2) is 0 Å². The van der Waals surface area contributed by atoms with Crippen LogP contribution in [0.3, 0.4) is 0 Å². The normalized spacial score (nSPS) is 10.3. The van der Waals surface area contributed by atoms with Crippen molar-refractivity contribution in [1.29, 1.82) is 0 Å². The first kappa shape index (κ1) is 19.4. The number of rotatable bonds is 7. The molecular weight excluding hydrogens is 368 g/mol. The Morgan fingerprint density at radius 2 is 0.700 bits per heavy atom. The fraction of sp³-hybridized carbons (Fsp3) is 0.0769. The Hall–Kier alpha value is -3.92. The fourth-order valence-electron chi connectivity index (χ4n) is 3.10. The van der Waals surface area contributed by atoms with Crippen LogP contribution >= 0.6 is 0 Å². The van der Waals surface area contributed by atoms with Gasteiger partial charge in [-0.05, 0) is 91.9 Å². The van der Waals surface area contributed by atoms with Gasteiger partial charge in [-0.15, -0.1) is 0 Å². The van der Waals surface area contributed by atoms with Gasteiger partial charge in [0.25, 0.3) is 0 Å². The first-order valence-electron chi connectivity index (χ1n) is 9.96. The number of nitrogens with one attached hydrogen (secondary N) is 3. The van der Waals surface area contributed by atoms with E-state index >= 15 is 0 Å². The van der Waals surface area contributed by atoms with Gasteiger partial charge >= 0.3 is 0 Å². The Morgan fingerprint density at radius 3 is 1.00 bits per heavy atom. The standard InChI is InChI=1S/C26H25N4/c1-19-3-5-21(6-4-19)28-23-11-13-25(14-12-23)30-26-17-15-24(16-18-26)29-22-9-7-20(27-2)8-10-22/h3-18,28-30H,1-2H3. The van der Waals surface area contributed by atoms with E-state index in [2.05, 4.69) is 101 Å². The summed E-state index contributed by atoms with van der Waals surface area (Å²) in [6, 6.07) is 33.0. The number of anilines is 6. The molecule has 30 heavy (non-hydrogen) atoms. The van der Waals surface area contributed by atoms with Crippen LogP contribution in [0.4, 0.5) is 39.8 Å². The van der Waals surface area contributed by atoms with E-state index in [1.54, 1.807) is 7.05 Å². The summed E-state index contributed by atoms with van der Waals surface area (Å²) >= 11 is 0. The molecule has 4 nitrogen and oxygen atoms in total. The van der Waals surface area contributed by atoms with Crippen molar-refractivity contribution in [3.8, 4) is 0 Å². The lowest BCUT2D eigenvalue weighted by Crippen LogP contribution is -1.94. The van der Waals surface area contributed by atoms with Crippen LogP contribution in [-0.4, -0.2) is 7.05 Å². The predicted octanol–water partition coefficient (Wildman–Crippen LogP) is 7.09. The highest BCUT2D eigenvalue weighted by molar-refractivity contribution is 5.68. The highest BCUT2D eigenvalue weighted by Crippen LogP contribution is 2.24. The SMILES string of the molecule is C[N]c1ccc(Nc2ccc(Nc3ccc(Nc4ccc(C)cc4)cc3)cc2)cc1. The largest absolute Gasteiger partial charge is 0.356 e. The van der Waals surface area contributed by atoms with Gasteiger partial charge in [-0.3, -0.25) is 5.32 Å². The predicted molar refractivity (Wildman–Crippen MR) is 128 cm³/mol. The Balaban J connectivity index is 1.35. The van der Waals surface area contributed by atoms with Gasteiger partial charge in [0.2, 0.25) is 0 Å². The van der Waals surface area contributed by atoms with Crippen molar-refractivity contribution in [3.63, 3.8) is 0 Å². The number of benzene rings is 4. The smallest absolute Gasteiger partial charge is 0.0572 e. The van der Waals surface area contributed by atoms with Crippen LogP contribution in [0.1, 0.15) is 5.56 Å². The summed E-state index contributed by atoms with van der Waals surface area (Å²) in [4.78, 5) is 0. The van der Waals surface area contributed by atoms with Gasteiger partial charge in [0.05, 0.1) is 5.69 Å². The lowest BCUT2D eigenvalue weighted by Gasteiger charge is -2.11. The third-order valence-corrected chi connectivity index (χ3v) is 4.81. The van der Waals surface area contributed by atoms with Crippen molar-refractivity contribution < 1.29 is 0 Å². The maximum Gasteiger partial charge on any atom is 0.0572 e. The van der Waals surface area contributed by atoms with E-state index in [0.29, 0.717) is 0 Å². The topological polar surface area (TPSA) is 50.2 Å². The number of hydrogen-bond donors (Lipinski definition) is 3. The zero-order chi connectivity index (χ0) is 20.8. The van der Waals surface area contributed by atoms with E-state index in [-0.39, 0.29) is 0 Å². The molecule has 0 fully saturated rings. The van der Waals surface area contributed by atoms with Gasteiger partial charge < -0.3 is 16.0 Å². The molecular formula is C26H25N4. The van der Waals surface area contributed by atoms with Crippen LogP contribution in [0.2, 0.25) is 0 Å². The summed E-state index contributed by atoms with van der Waals surface area (Å²) in [5.41, 5.74) is 8.55. The number of aryl methyl sites for hydroxylation is 1. The second kappa shape index (κ2) is 9.05. The van der Waals surface area contributed by atoms with Crippen molar-refractivity contribution in [2.24, 2.45) is 0 Å². The highest BCUT2D eigenvalue weighted by Gasteiger charge is 2.00. The van der Waals surface area contributed by atoms with Crippen molar-refractivity contribution in [1.82, 2.24) is 5.32 Å². The van der Waals surface area contributed by atoms with Gasteiger partial charge in [-0.25, -0.2) is 0 Å². The highest BCUT2D eigenvalue weighted by atomic mass is 14.9. The monoisotopic (exact) mass is 393 g/mol. The lowest BCUT2D eigenvalue weighted by molar-refractivity contribution is 1.09. The van der Waals surface area contributed by atoms with Gasteiger partial charge in [-0.2, -0.15) is 0 Å². The van der Waals surface area contributed by atoms with E-state index in [1.807, 2.05) is 24.3 Å². The minimum Gasteiger partial charge on any atom is -0.356 e. The third kappa shape index (κ3) is 5.11. The number of nitrogens with zero attached hydrogens (tertiary/aromatic N) is 1. The first-order chi connectivity index (χ1) is 14.7. The molecule has 0 bridgehead atoms. The molecule has 0 saturated carbocycles. The van der Waals surface area contributed by atoms with E-state index in [0.717, 1.165) is 39.8 Å². The van der Waals surface area contributed by atoms with E-state index in [9.17, 15) is 0 Å². The summed E-state index contributed by atoms with van der Waals surface area (Å²) in [6.07, 6.45) is 0. The van der Waals surface area contributed by atoms with Crippen molar-refractivity contribution >= 4 is 39.8 Å². The zero-order valence-corrected chi connectivity index (χ0v) is 17.2.